The van der Waals surface area contributed by atoms with Crippen molar-refractivity contribution < 1.29 is 36.7 Å². The fraction of sp³-hybridized carbons (Fsp3) is 0.222. The first-order valence-electron chi connectivity index (χ1n) is 11.4. The molecule has 0 aromatic heterocycles. The van der Waals surface area contributed by atoms with Gasteiger partial charge in [0.1, 0.15) is 11.9 Å². The highest BCUT2D eigenvalue weighted by atomic mass is 19.4. The molecule has 0 radical (unpaired) electrons. The summed E-state index contributed by atoms with van der Waals surface area (Å²) in [6.07, 6.45) is -7.45. The van der Waals surface area contributed by atoms with Gasteiger partial charge in [-0.1, -0.05) is 42.5 Å². The average molecular weight is 532 g/mol. The number of alkyl halides is 3. The first-order valence-corrected chi connectivity index (χ1v) is 11.4. The van der Waals surface area contributed by atoms with E-state index in [9.17, 15) is 31.9 Å². The molecule has 7 nitrogen and oxygen atoms in total. The van der Waals surface area contributed by atoms with E-state index in [0.717, 1.165) is 5.56 Å². The van der Waals surface area contributed by atoms with Crippen LogP contribution in [0.4, 0.5) is 28.0 Å². The van der Waals surface area contributed by atoms with Crippen molar-refractivity contribution in [3.8, 4) is 0 Å². The first kappa shape index (κ1) is 28.2. The Balaban J connectivity index is 2.01. The van der Waals surface area contributed by atoms with Gasteiger partial charge in [-0.15, -0.1) is 0 Å². The standard InChI is InChI=1S/C27H25F4N3O4/c1-15-8-4-6-10-18(15)23(38-26(37)33-21-11-7-5-9-16(21)2)22(25(36)32-3)34-24(35)19-13-12-17(28)14-20(19)27(29,30)31/h4-14,22-23H,1-3H3,(H,32,36)(H,33,37)(H,34,35). The quantitative estimate of drug-likeness (QED) is 0.361. The molecule has 0 aliphatic heterocycles. The molecule has 0 saturated heterocycles. The van der Waals surface area contributed by atoms with Crippen LogP contribution in [0.5, 0.6) is 0 Å². The van der Waals surface area contributed by atoms with Crippen molar-refractivity contribution in [2.45, 2.75) is 32.2 Å². The van der Waals surface area contributed by atoms with Gasteiger partial charge in [0.15, 0.2) is 6.10 Å². The fourth-order valence-electron chi connectivity index (χ4n) is 3.79. The van der Waals surface area contributed by atoms with Gasteiger partial charge in [0.05, 0.1) is 11.1 Å². The number of halogens is 4. The molecule has 3 rings (SSSR count). The van der Waals surface area contributed by atoms with Gasteiger partial charge in [0, 0.05) is 12.7 Å². The second-order valence-corrected chi connectivity index (χ2v) is 8.38. The average Bonchev–Trinajstić information content (AvgIpc) is 2.86. The number of para-hydroxylation sites is 1. The zero-order valence-electron chi connectivity index (χ0n) is 20.7. The van der Waals surface area contributed by atoms with Crippen LogP contribution < -0.4 is 16.0 Å². The van der Waals surface area contributed by atoms with Crippen LogP contribution in [0.3, 0.4) is 0 Å². The number of benzene rings is 3. The maximum atomic E-state index is 13.6. The number of hydrogen-bond acceptors (Lipinski definition) is 4. The summed E-state index contributed by atoms with van der Waals surface area (Å²) in [5.74, 6) is -3.34. The zero-order valence-corrected chi connectivity index (χ0v) is 20.7. The molecule has 3 aromatic carbocycles. The van der Waals surface area contributed by atoms with Crippen LogP contribution in [0.1, 0.15) is 38.7 Å². The number of ether oxygens (including phenoxy) is 1. The normalized spacial score (nSPS) is 12.7. The summed E-state index contributed by atoms with van der Waals surface area (Å²) in [5, 5.41) is 7.14. The number of amides is 3. The van der Waals surface area contributed by atoms with Crippen LogP contribution in [-0.2, 0) is 15.7 Å². The fourth-order valence-corrected chi connectivity index (χ4v) is 3.79. The summed E-state index contributed by atoms with van der Waals surface area (Å²) in [4.78, 5) is 38.8. The van der Waals surface area contributed by atoms with Crippen molar-refractivity contribution in [2.24, 2.45) is 0 Å². The number of anilines is 1. The van der Waals surface area contributed by atoms with Crippen molar-refractivity contribution in [3.05, 3.63) is 100 Å². The molecule has 2 unspecified atom stereocenters. The Morgan fingerprint density at radius 2 is 1.53 bits per heavy atom. The van der Waals surface area contributed by atoms with E-state index < -0.39 is 53.2 Å². The molecule has 0 aliphatic rings. The smallest absolute Gasteiger partial charge is 0.417 e. The molecule has 0 saturated carbocycles. The van der Waals surface area contributed by atoms with E-state index in [2.05, 4.69) is 16.0 Å². The monoisotopic (exact) mass is 531 g/mol. The van der Waals surface area contributed by atoms with Gasteiger partial charge in [-0.05, 0) is 54.8 Å². The maximum absolute atomic E-state index is 13.6. The minimum absolute atomic E-state index is 0.189. The highest BCUT2D eigenvalue weighted by molar-refractivity contribution is 5.99. The van der Waals surface area contributed by atoms with Gasteiger partial charge in [-0.3, -0.25) is 14.9 Å². The number of likely N-dealkylation sites (N-methyl/N-ethyl adjacent to an activating group) is 1. The van der Waals surface area contributed by atoms with Gasteiger partial charge < -0.3 is 15.4 Å². The third-order valence-electron chi connectivity index (χ3n) is 5.76. The van der Waals surface area contributed by atoms with E-state index in [1.807, 2.05) is 0 Å². The molecule has 0 heterocycles. The van der Waals surface area contributed by atoms with E-state index in [1.54, 1.807) is 62.4 Å². The predicted molar refractivity (Wildman–Crippen MR) is 132 cm³/mol. The molecule has 0 fully saturated rings. The van der Waals surface area contributed by atoms with Gasteiger partial charge in [0.2, 0.25) is 5.91 Å². The minimum Gasteiger partial charge on any atom is -0.438 e. The van der Waals surface area contributed by atoms with E-state index in [1.165, 1.54) is 7.05 Å². The van der Waals surface area contributed by atoms with Crippen LogP contribution in [0, 0.1) is 19.7 Å². The summed E-state index contributed by atoms with van der Waals surface area (Å²) in [7, 11) is 1.25. The molecule has 0 spiro atoms. The Morgan fingerprint density at radius 1 is 0.895 bits per heavy atom. The van der Waals surface area contributed by atoms with Crippen LogP contribution in [0.2, 0.25) is 0 Å². The van der Waals surface area contributed by atoms with Crippen molar-refractivity contribution >= 4 is 23.6 Å². The van der Waals surface area contributed by atoms with Gasteiger partial charge in [-0.2, -0.15) is 13.2 Å². The third-order valence-corrected chi connectivity index (χ3v) is 5.76. The number of carbonyl (C=O) groups is 3. The lowest BCUT2D eigenvalue weighted by molar-refractivity contribution is -0.138. The van der Waals surface area contributed by atoms with Crippen LogP contribution in [0.15, 0.2) is 66.7 Å². The van der Waals surface area contributed by atoms with Crippen molar-refractivity contribution in [2.75, 3.05) is 12.4 Å². The minimum atomic E-state index is -5.05. The van der Waals surface area contributed by atoms with Crippen LogP contribution >= 0.6 is 0 Å². The van der Waals surface area contributed by atoms with Crippen molar-refractivity contribution in [1.82, 2.24) is 10.6 Å². The molecular weight excluding hydrogens is 506 g/mol. The Labute approximate surface area is 216 Å². The van der Waals surface area contributed by atoms with Crippen LogP contribution in [0.25, 0.3) is 0 Å². The lowest BCUT2D eigenvalue weighted by Gasteiger charge is -2.28. The summed E-state index contributed by atoms with van der Waals surface area (Å²) >= 11 is 0. The number of rotatable bonds is 7. The summed E-state index contributed by atoms with van der Waals surface area (Å²) in [6.45, 7) is 3.43. The lowest BCUT2D eigenvalue weighted by atomic mass is 9.96. The Bertz CT molecular complexity index is 1340. The summed E-state index contributed by atoms with van der Waals surface area (Å²) in [6, 6.07) is 13.3. The third kappa shape index (κ3) is 6.67. The summed E-state index contributed by atoms with van der Waals surface area (Å²) < 4.78 is 59.8. The topological polar surface area (TPSA) is 96.5 Å². The van der Waals surface area contributed by atoms with E-state index in [-0.39, 0.29) is 6.07 Å². The molecule has 2 atom stereocenters. The van der Waals surface area contributed by atoms with Crippen molar-refractivity contribution in [1.29, 1.82) is 0 Å². The highest BCUT2D eigenvalue weighted by Gasteiger charge is 2.39. The van der Waals surface area contributed by atoms with E-state index in [4.69, 9.17) is 4.74 Å². The van der Waals surface area contributed by atoms with E-state index >= 15 is 0 Å². The SMILES string of the molecule is CNC(=O)C(NC(=O)c1ccc(F)cc1C(F)(F)F)C(OC(=O)Nc1ccccc1C)c1ccccc1C. The molecule has 200 valence electrons. The second kappa shape index (κ2) is 11.8. The Morgan fingerprint density at radius 3 is 2.13 bits per heavy atom. The maximum Gasteiger partial charge on any atom is 0.417 e. The van der Waals surface area contributed by atoms with E-state index in [0.29, 0.717) is 28.9 Å². The molecule has 38 heavy (non-hydrogen) atoms. The Hall–Kier alpha value is -4.41. The molecule has 3 N–H and O–H groups in total. The van der Waals surface area contributed by atoms with Crippen LogP contribution in [-0.4, -0.2) is 31.0 Å². The highest BCUT2D eigenvalue weighted by Crippen LogP contribution is 2.33. The molecule has 0 aliphatic carbocycles. The molecular formula is C27H25F4N3O4. The zero-order chi connectivity index (χ0) is 28.0. The van der Waals surface area contributed by atoms with Gasteiger partial charge in [0.25, 0.3) is 5.91 Å². The lowest BCUT2D eigenvalue weighted by Crippen LogP contribution is -2.51. The number of aryl methyl sites for hydroxylation is 2. The Kier molecular flexibility index (Phi) is 8.72. The molecule has 11 heteroatoms. The van der Waals surface area contributed by atoms with Gasteiger partial charge >= 0.3 is 12.3 Å². The molecule has 3 amide bonds. The van der Waals surface area contributed by atoms with Gasteiger partial charge in [-0.25, -0.2) is 9.18 Å². The molecule has 3 aromatic rings. The predicted octanol–water partition coefficient (Wildman–Crippen LogP) is 5.30. The first-order chi connectivity index (χ1) is 17.9. The number of hydrogen-bond donors (Lipinski definition) is 3. The number of carbonyl (C=O) groups excluding carboxylic acids is 3. The second-order valence-electron chi connectivity index (χ2n) is 8.38. The molecule has 0 bridgehead atoms. The number of nitrogens with one attached hydrogen (secondary N) is 3. The van der Waals surface area contributed by atoms with Crippen molar-refractivity contribution in [3.63, 3.8) is 0 Å². The summed E-state index contributed by atoms with van der Waals surface area (Å²) in [5.41, 5.74) is -0.345. The largest absolute Gasteiger partial charge is 0.438 e.